The van der Waals surface area contributed by atoms with Crippen molar-refractivity contribution < 1.29 is 21.6 Å². The molecule has 0 amide bonds. The molecule has 28 heavy (non-hydrogen) atoms. The van der Waals surface area contributed by atoms with Gasteiger partial charge in [0.1, 0.15) is 0 Å². The third-order valence-corrected chi connectivity index (χ3v) is 5.04. The van der Waals surface area contributed by atoms with Gasteiger partial charge in [0.15, 0.2) is 15.8 Å². The van der Waals surface area contributed by atoms with Crippen LogP contribution in [0.2, 0.25) is 0 Å². The van der Waals surface area contributed by atoms with Crippen molar-refractivity contribution in [2.75, 3.05) is 40.0 Å². The molecule has 0 unspecified atom stereocenters. The van der Waals surface area contributed by atoms with Crippen LogP contribution in [0.15, 0.2) is 28.1 Å². The maximum absolute atomic E-state index is 12.3. The van der Waals surface area contributed by atoms with E-state index in [1.165, 1.54) is 18.2 Å². The summed E-state index contributed by atoms with van der Waals surface area (Å²) in [7, 11) is -0.217. The number of halogens is 4. The molecule has 1 rings (SSSR count). The SMILES string of the molecule is CN=C(NCCCN(C)CC(F)(F)F)NCc1ccc(S(C)(=O)=O)c(C)c1.I. The number of hydrogen-bond donors (Lipinski definition) is 2. The van der Waals surface area contributed by atoms with Crippen LogP contribution in [0.25, 0.3) is 0 Å². The molecule has 0 aliphatic heterocycles. The number of guanidine groups is 1. The van der Waals surface area contributed by atoms with Crippen molar-refractivity contribution in [2.45, 2.75) is 31.0 Å². The lowest BCUT2D eigenvalue weighted by molar-refractivity contribution is -0.143. The predicted octanol–water partition coefficient (Wildman–Crippen LogP) is 2.57. The lowest BCUT2D eigenvalue weighted by Gasteiger charge is -2.19. The van der Waals surface area contributed by atoms with Gasteiger partial charge in [0.25, 0.3) is 0 Å². The zero-order valence-electron chi connectivity index (χ0n) is 16.4. The van der Waals surface area contributed by atoms with Crippen LogP contribution in [-0.2, 0) is 16.4 Å². The zero-order valence-corrected chi connectivity index (χ0v) is 19.6. The molecule has 0 aliphatic carbocycles. The predicted molar refractivity (Wildman–Crippen MR) is 116 cm³/mol. The van der Waals surface area contributed by atoms with Crippen LogP contribution in [-0.4, -0.2) is 65.4 Å². The first-order valence-electron chi connectivity index (χ1n) is 8.42. The molecule has 11 heteroatoms. The molecule has 2 N–H and O–H groups in total. The maximum Gasteiger partial charge on any atom is 0.401 e. The molecule has 1 aromatic rings. The van der Waals surface area contributed by atoms with Crippen molar-refractivity contribution in [3.8, 4) is 0 Å². The van der Waals surface area contributed by atoms with Gasteiger partial charge >= 0.3 is 6.18 Å². The Morgan fingerprint density at radius 1 is 1.25 bits per heavy atom. The van der Waals surface area contributed by atoms with Gasteiger partial charge in [-0.2, -0.15) is 13.2 Å². The summed E-state index contributed by atoms with van der Waals surface area (Å²) in [5, 5.41) is 6.14. The maximum atomic E-state index is 12.3. The van der Waals surface area contributed by atoms with Gasteiger partial charge < -0.3 is 10.6 Å². The Balaban J connectivity index is 0.00000729. The largest absolute Gasteiger partial charge is 0.401 e. The highest BCUT2D eigenvalue weighted by atomic mass is 127. The van der Waals surface area contributed by atoms with Crippen molar-refractivity contribution in [2.24, 2.45) is 4.99 Å². The lowest BCUT2D eigenvalue weighted by atomic mass is 10.1. The Hall–Kier alpha value is -1.08. The van der Waals surface area contributed by atoms with E-state index in [4.69, 9.17) is 0 Å². The average molecular weight is 536 g/mol. The standard InChI is InChI=1S/C17H27F3N4O2S.HI/c1-13-10-14(6-7-15(13)27(4,25)26)11-23-16(21-2)22-8-5-9-24(3)12-17(18,19)20;/h6-7,10H,5,8-9,11-12H2,1-4H3,(H2,21,22,23);1H. The molecular weight excluding hydrogens is 508 g/mol. The second kappa shape index (κ2) is 11.8. The summed E-state index contributed by atoms with van der Waals surface area (Å²) >= 11 is 0. The molecule has 0 fully saturated rings. The van der Waals surface area contributed by atoms with Gasteiger partial charge in [-0.15, -0.1) is 24.0 Å². The zero-order chi connectivity index (χ0) is 20.7. The molecule has 0 radical (unpaired) electrons. The first-order valence-corrected chi connectivity index (χ1v) is 10.3. The number of hydrogen-bond acceptors (Lipinski definition) is 4. The smallest absolute Gasteiger partial charge is 0.356 e. The Morgan fingerprint density at radius 2 is 1.89 bits per heavy atom. The number of rotatable bonds is 8. The van der Waals surface area contributed by atoms with E-state index in [1.54, 1.807) is 32.2 Å². The Morgan fingerprint density at radius 3 is 2.39 bits per heavy atom. The molecule has 0 saturated carbocycles. The normalized spacial score (nSPS) is 12.6. The second-order valence-corrected chi connectivity index (χ2v) is 8.42. The van der Waals surface area contributed by atoms with Gasteiger partial charge in [0, 0.05) is 26.4 Å². The molecule has 1 aromatic carbocycles. The number of sulfone groups is 1. The van der Waals surface area contributed by atoms with Crippen molar-refractivity contribution in [1.29, 1.82) is 0 Å². The molecule has 0 atom stereocenters. The molecular formula is C17H28F3IN4O2S. The van der Waals surface area contributed by atoms with E-state index in [0.29, 0.717) is 42.5 Å². The monoisotopic (exact) mass is 536 g/mol. The summed E-state index contributed by atoms with van der Waals surface area (Å²) in [6.45, 7) is 2.05. The Labute approximate surface area is 181 Å². The number of nitrogens with one attached hydrogen (secondary N) is 2. The second-order valence-electron chi connectivity index (χ2n) is 6.43. The Kier molecular flexibility index (Phi) is 11.4. The van der Waals surface area contributed by atoms with E-state index < -0.39 is 22.6 Å². The molecule has 0 heterocycles. The van der Waals surface area contributed by atoms with E-state index in [2.05, 4.69) is 15.6 Å². The van der Waals surface area contributed by atoms with E-state index in [-0.39, 0.29) is 24.0 Å². The molecule has 0 spiro atoms. The quantitative estimate of drug-likeness (QED) is 0.231. The van der Waals surface area contributed by atoms with Gasteiger partial charge in [0.2, 0.25) is 0 Å². The minimum atomic E-state index is -4.19. The fraction of sp³-hybridized carbons (Fsp3) is 0.588. The minimum absolute atomic E-state index is 0. The van der Waals surface area contributed by atoms with E-state index >= 15 is 0 Å². The van der Waals surface area contributed by atoms with Crippen LogP contribution in [0, 0.1) is 6.92 Å². The highest BCUT2D eigenvalue weighted by molar-refractivity contribution is 14.0. The first kappa shape index (κ1) is 26.9. The number of alkyl halides is 3. The number of aryl methyl sites for hydroxylation is 1. The summed E-state index contributed by atoms with van der Waals surface area (Å²) in [6, 6.07) is 5.10. The van der Waals surface area contributed by atoms with Gasteiger partial charge in [-0.1, -0.05) is 12.1 Å². The number of benzene rings is 1. The van der Waals surface area contributed by atoms with Crippen LogP contribution in [0.3, 0.4) is 0 Å². The summed E-state index contributed by atoms with van der Waals surface area (Å²) in [4.78, 5) is 5.59. The van der Waals surface area contributed by atoms with Gasteiger partial charge in [-0.05, 0) is 44.1 Å². The molecule has 0 saturated heterocycles. The molecule has 0 aliphatic rings. The van der Waals surface area contributed by atoms with Crippen LogP contribution in [0.5, 0.6) is 0 Å². The van der Waals surface area contributed by atoms with Crippen LogP contribution in [0.1, 0.15) is 17.5 Å². The number of nitrogens with zero attached hydrogens (tertiary/aromatic N) is 2. The fourth-order valence-corrected chi connectivity index (χ4v) is 3.54. The van der Waals surface area contributed by atoms with Gasteiger partial charge in [-0.3, -0.25) is 9.89 Å². The highest BCUT2D eigenvalue weighted by Crippen LogP contribution is 2.17. The Bertz CT molecular complexity index is 755. The summed E-state index contributed by atoms with van der Waals surface area (Å²) in [5.74, 6) is 0.526. The molecule has 0 bridgehead atoms. The van der Waals surface area contributed by atoms with Crippen molar-refractivity contribution in [1.82, 2.24) is 15.5 Å². The first-order chi connectivity index (χ1) is 12.4. The van der Waals surface area contributed by atoms with Crippen molar-refractivity contribution >= 4 is 39.8 Å². The van der Waals surface area contributed by atoms with E-state index in [0.717, 1.165) is 5.56 Å². The lowest BCUT2D eigenvalue weighted by Crippen LogP contribution is -2.39. The molecule has 6 nitrogen and oxygen atoms in total. The minimum Gasteiger partial charge on any atom is -0.356 e. The third kappa shape index (κ3) is 10.5. The molecule has 0 aromatic heterocycles. The topological polar surface area (TPSA) is 73.8 Å². The van der Waals surface area contributed by atoms with Crippen LogP contribution < -0.4 is 10.6 Å². The van der Waals surface area contributed by atoms with E-state index in [1.807, 2.05) is 0 Å². The van der Waals surface area contributed by atoms with Crippen molar-refractivity contribution in [3.63, 3.8) is 0 Å². The van der Waals surface area contributed by atoms with Crippen LogP contribution >= 0.6 is 24.0 Å². The van der Waals surface area contributed by atoms with Crippen molar-refractivity contribution in [3.05, 3.63) is 29.3 Å². The van der Waals surface area contributed by atoms with Gasteiger partial charge in [-0.25, -0.2) is 8.42 Å². The highest BCUT2D eigenvalue weighted by Gasteiger charge is 2.28. The summed E-state index contributed by atoms with van der Waals surface area (Å²) in [5.41, 5.74) is 1.57. The van der Waals surface area contributed by atoms with Gasteiger partial charge in [0.05, 0.1) is 11.4 Å². The fourth-order valence-electron chi connectivity index (χ4n) is 2.58. The molecule has 162 valence electrons. The van der Waals surface area contributed by atoms with Crippen LogP contribution in [0.4, 0.5) is 13.2 Å². The summed E-state index contributed by atoms with van der Waals surface area (Å²) < 4.78 is 60.1. The summed E-state index contributed by atoms with van der Waals surface area (Å²) in [6.07, 6.45) is -2.48. The third-order valence-electron chi connectivity index (χ3n) is 3.78. The average Bonchev–Trinajstić information content (AvgIpc) is 2.51. The number of aliphatic imine (C=N–C) groups is 1. The van der Waals surface area contributed by atoms with E-state index in [9.17, 15) is 21.6 Å².